The summed E-state index contributed by atoms with van der Waals surface area (Å²) in [7, 11) is 1.71. The van der Waals surface area contributed by atoms with E-state index in [2.05, 4.69) is 20.6 Å². The highest BCUT2D eigenvalue weighted by atomic mass is 16.2. The summed E-state index contributed by atoms with van der Waals surface area (Å²) >= 11 is 0. The number of H-pyrrole nitrogens is 1. The molecule has 3 rings (SSSR count). The molecule has 6 nitrogen and oxygen atoms in total. The van der Waals surface area contributed by atoms with Crippen molar-refractivity contribution in [3.8, 4) is 0 Å². The molecular weight excluding hydrogens is 194 g/mol. The second kappa shape index (κ2) is 3.01. The average molecular weight is 207 g/mol. The third-order valence-electron chi connectivity index (χ3n) is 3.56. The van der Waals surface area contributed by atoms with Gasteiger partial charge in [-0.1, -0.05) is 5.10 Å². The standard InChI is InChI=1S/C9H13N5O/c1-14(9-10-12-13-11-9)8(15)7-3-5-2-6(5)4-7/h5-7H,2-4H2,1H3,(H,10,11,12,13)/t5-,6+,7?. The normalized spacial score (nSPS) is 32.5. The predicted molar refractivity (Wildman–Crippen MR) is 51.9 cm³/mol. The molecule has 2 fully saturated rings. The number of aromatic amines is 1. The Bertz CT molecular complexity index is 366. The molecule has 1 aromatic heterocycles. The Balaban J connectivity index is 1.69. The Kier molecular flexibility index (Phi) is 1.77. The minimum absolute atomic E-state index is 0.128. The second-order valence-electron chi connectivity index (χ2n) is 4.53. The number of carbonyl (C=O) groups is 1. The molecule has 2 saturated carbocycles. The maximum Gasteiger partial charge on any atom is 0.272 e. The molecule has 0 aliphatic heterocycles. The number of hydrogen-bond donors (Lipinski definition) is 1. The van der Waals surface area contributed by atoms with E-state index in [1.807, 2.05) is 0 Å². The van der Waals surface area contributed by atoms with Gasteiger partial charge in [0.05, 0.1) is 0 Å². The van der Waals surface area contributed by atoms with E-state index in [-0.39, 0.29) is 11.8 Å². The highest BCUT2D eigenvalue weighted by Crippen LogP contribution is 2.54. The number of nitrogens with zero attached hydrogens (tertiary/aromatic N) is 4. The number of aromatic nitrogens is 4. The number of amides is 1. The molecule has 0 bridgehead atoms. The summed E-state index contributed by atoms with van der Waals surface area (Å²) in [5, 5.41) is 13.4. The van der Waals surface area contributed by atoms with E-state index in [0.29, 0.717) is 5.95 Å². The van der Waals surface area contributed by atoms with Crippen LogP contribution in [0, 0.1) is 17.8 Å². The van der Waals surface area contributed by atoms with Crippen LogP contribution in [-0.4, -0.2) is 33.6 Å². The van der Waals surface area contributed by atoms with Crippen molar-refractivity contribution in [3.63, 3.8) is 0 Å². The fraction of sp³-hybridized carbons (Fsp3) is 0.778. The highest BCUT2D eigenvalue weighted by Gasteiger charge is 2.48. The first-order chi connectivity index (χ1) is 7.25. The van der Waals surface area contributed by atoms with Crippen molar-refractivity contribution >= 4 is 11.9 Å². The zero-order chi connectivity index (χ0) is 10.4. The third-order valence-corrected chi connectivity index (χ3v) is 3.56. The van der Waals surface area contributed by atoms with Crippen molar-refractivity contribution in [1.82, 2.24) is 20.6 Å². The van der Waals surface area contributed by atoms with Crippen LogP contribution < -0.4 is 4.90 Å². The Morgan fingerprint density at radius 1 is 1.40 bits per heavy atom. The summed E-state index contributed by atoms with van der Waals surface area (Å²) < 4.78 is 0. The molecule has 1 N–H and O–H groups in total. The second-order valence-corrected chi connectivity index (χ2v) is 4.53. The minimum atomic E-state index is 0.128. The number of fused-ring (bicyclic) bond motifs is 1. The van der Waals surface area contributed by atoms with Gasteiger partial charge in [-0.25, -0.2) is 0 Å². The van der Waals surface area contributed by atoms with Gasteiger partial charge >= 0.3 is 0 Å². The van der Waals surface area contributed by atoms with Gasteiger partial charge in [-0.15, -0.1) is 5.10 Å². The minimum Gasteiger partial charge on any atom is -0.281 e. The van der Waals surface area contributed by atoms with Gasteiger partial charge in [0, 0.05) is 13.0 Å². The van der Waals surface area contributed by atoms with Crippen molar-refractivity contribution in [3.05, 3.63) is 0 Å². The number of tetrazole rings is 1. The molecule has 0 aromatic carbocycles. The van der Waals surface area contributed by atoms with Crippen LogP contribution >= 0.6 is 0 Å². The molecule has 0 spiro atoms. The monoisotopic (exact) mass is 207 g/mol. The zero-order valence-corrected chi connectivity index (χ0v) is 8.55. The lowest BCUT2D eigenvalue weighted by atomic mass is 10.0. The average Bonchev–Trinajstić information content (AvgIpc) is 2.77. The van der Waals surface area contributed by atoms with Crippen LogP contribution in [0.5, 0.6) is 0 Å². The lowest BCUT2D eigenvalue weighted by Crippen LogP contribution is -2.33. The Labute approximate surface area is 87.0 Å². The molecule has 6 heteroatoms. The first-order valence-electron chi connectivity index (χ1n) is 5.26. The molecule has 1 heterocycles. The molecule has 0 saturated heterocycles. The fourth-order valence-electron chi connectivity index (χ4n) is 2.59. The highest BCUT2D eigenvalue weighted by molar-refractivity contribution is 5.93. The molecule has 3 atom stereocenters. The van der Waals surface area contributed by atoms with Gasteiger partial charge in [-0.2, -0.15) is 5.21 Å². The molecule has 2 aliphatic rings. The van der Waals surface area contributed by atoms with Crippen LogP contribution in [0.1, 0.15) is 19.3 Å². The van der Waals surface area contributed by atoms with Gasteiger partial charge in [0.1, 0.15) is 0 Å². The third kappa shape index (κ3) is 1.40. The summed E-state index contributed by atoms with van der Waals surface area (Å²) in [5.74, 6) is 2.30. The lowest BCUT2D eigenvalue weighted by molar-refractivity contribution is -0.122. The SMILES string of the molecule is CN(C(=O)C1C[C@@H]2C[C@@H]2C1)c1nn[nH]n1. The molecule has 15 heavy (non-hydrogen) atoms. The summed E-state index contributed by atoms with van der Waals surface area (Å²) in [6.45, 7) is 0. The molecule has 1 amide bonds. The first-order valence-corrected chi connectivity index (χ1v) is 5.26. The largest absolute Gasteiger partial charge is 0.281 e. The van der Waals surface area contributed by atoms with Gasteiger partial charge in [-0.3, -0.25) is 9.69 Å². The van der Waals surface area contributed by atoms with E-state index in [1.165, 1.54) is 11.3 Å². The summed E-state index contributed by atoms with van der Waals surface area (Å²) in [6, 6.07) is 0. The van der Waals surface area contributed by atoms with E-state index in [0.717, 1.165) is 24.7 Å². The van der Waals surface area contributed by atoms with E-state index in [9.17, 15) is 4.79 Å². The maximum absolute atomic E-state index is 12.0. The summed E-state index contributed by atoms with van der Waals surface area (Å²) in [5.41, 5.74) is 0. The van der Waals surface area contributed by atoms with Crippen molar-refractivity contribution in [2.24, 2.45) is 17.8 Å². The molecule has 1 unspecified atom stereocenters. The molecule has 2 aliphatic carbocycles. The number of rotatable bonds is 2. The zero-order valence-electron chi connectivity index (χ0n) is 8.55. The topological polar surface area (TPSA) is 74.8 Å². The van der Waals surface area contributed by atoms with E-state index < -0.39 is 0 Å². The van der Waals surface area contributed by atoms with E-state index >= 15 is 0 Å². The van der Waals surface area contributed by atoms with E-state index in [1.54, 1.807) is 7.05 Å². The van der Waals surface area contributed by atoms with Gasteiger partial charge in [0.2, 0.25) is 5.91 Å². The van der Waals surface area contributed by atoms with Crippen molar-refractivity contribution in [2.75, 3.05) is 11.9 Å². The van der Waals surface area contributed by atoms with Gasteiger partial charge in [0.25, 0.3) is 5.95 Å². The van der Waals surface area contributed by atoms with Crippen molar-refractivity contribution in [1.29, 1.82) is 0 Å². The molecule has 0 radical (unpaired) electrons. The van der Waals surface area contributed by atoms with Gasteiger partial charge < -0.3 is 0 Å². The predicted octanol–water partition coefficient (Wildman–Crippen LogP) is 0.209. The van der Waals surface area contributed by atoms with Crippen LogP contribution in [0.2, 0.25) is 0 Å². The fourth-order valence-corrected chi connectivity index (χ4v) is 2.59. The van der Waals surface area contributed by atoms with Crippen LogP contribution in [0.4, 0.5) is 5.95 Å². The van der Waals surface area contributed by atoms with Crippen LogP contribution in [0.25, 0.3) is 0 Å². The number of anilines is 1. The Hall–Kier alpha value is -1.46. The van der Waals surface area contributed by atoms with Gasteiger partial charge in [-0.05, 0) is 36.3 Å². The van der Waals surface area contributed by atoms with Crippen LogP contribution in [0.3, 0.4) is 0 Å². The Morgan fingerprint density at radius 3 is 2.73 bits per heavy atom. The lowest BCUT2D eigenvalue weighted by Gasteiger charge is -2.17. The quantitative estimate of drug-likeness (QED) is 0.752. The maximum atomic E-state index is 12.0. The molecular formula is C9H13N5O. The number of nitrogens with one attached hydrogen (secondary N) is 1. The van der Waals surface area contributed by atoms with Gasteiger partial charge in [0.15, 0.2) is 0 Å². The van der Waals surface area contributed by atoms with Crippen LogP contribution in [-0.2, 0) is 4.79 Å². The molecule has 80 valence electrons. The molecule has 1 aromatic rings. The van der Waals surface area contributed by atoms with E-state index in [4.69, 9.17) is 0 Å². The number of hydrogen-bond acceptors (Lipinski definition) is 4. The van der Waals surface area contributed by atoms with Crippen molar-refractivity contribution in [2.45, 2.75) is 19.3 Å². The van der Waals surface area contributed by atoms with Crippen molar-refractivity contribution < 1.29 is 4.79 Å². The first kappa shape index (κ1) is 8.82. The smallest absolute Gasteiger partial charge is 0.272 e. The van der Waals surface area contributed by atoms with Crippen LogP contribution in [0.15, 0.2) is 0 Å². The number of carbonyl (C=O) groups excluding carboxylic acids is 1. The summed E-state index contributed by atoms with van der Waals surface area (Å²) in [6.07, 6.45) is 3.42. The summed E-state index contributed by atoms with van der Waals surface area (Å²) in [4.78, 5) is 13.5. The Morgan fingerprint density at radius 2 is 2.13 bits per heavy atom.